The molecule has 6 aliphatic rings. The van der Waals surface area contributed by atoms with E-state index in [0.717, 1.165) is 37.8 Å². The van der Waals surface area contributed by atoms with Crippen LogP contribution >= 0.6 is 0 Å². The summed E-state index contributed by atoms with van der Waals surface area (Å²) in [5.74, 6) is -0.940. The molecule has 3 unspecified atom stereocenters. The lowest BCUT2D eigenvalue weighted by Gasteiger charge is -2.40. The number of phenols is 1. The fourth-order valence-electron chi connectivity index (χ4n) is 9.38. The molecule has 2 N–H and O–H groups in total. The van der Waals surface area contributed by atoms with Crippen LogP contribution in [0.3, 0.4) is 0 Å². The van der Waals surface area contributed by atoms with Gasteiger partial charge >= 0.3 is 6.01 Å². The number of rotatable bonds is 4. The number of aromatic nitrogens is 2. The first-order chi connectivity index (χ1) is 22.9. The summed E-state index contributed by atoms with van der Waals surface area (Å²) in [6.45, 7) is 2.60. The van der Waals surface area contributed by atoms with Gasteiger partial charge in [0.1, 0.15) is 42.2 Å². The quantitative estimate of drug-likeness (QED) is 0.317. The van der Waals surface area contributed by atoms with E-state index in [-0.39, 0.29) is 70.9 Å². The molecule has 0 radical (unpaired) electrons. The Morgan fingerprint density at radius 1 is 1.09 bits per heavy atom. The van der Waals surface area contributed by atoms with Crippen molar-refractivity contribution >= 4 is 27.5 Å². The summed E-state index contributed by atoms with van der Waals surface area (Å²) < 4.78 is 67.2. The molecule has 0 spiro atoms. The largest absolute Gasteiger partial charge is 0.508 e. The predicted octanol–water partition coefficient (Wildman–Crippen LogP) is 5.03. The minimum Gasteiger partial charge on any atom is -0.508 e. The van der Waals surface area contributed by atoms with Crippen LogP contribution in [-0.2, 0) is 6.42 Å². The maximum atomic E-state index is 17.2. The monoisotopic (exact) mass is 645 g/mol. The first kappa shape index (κ1) is 28.0. The number of halogens is 3. The van der Waals surface area contributed by atoms with Gasteiger partial charge in [-0.05, 0) is 66.8 Å². The van der Waals surface area contributed by atoms with Crippen molar-refractivity contribution in [1.29, 1.82) is 0 Å². The summed E-state index contributed by atoms with van der Waals surface area (Å²) in [4.78, 5) is 13.7. The minimum absolute atomic E-state index is 0.0278. The van der Waals surface area contributed by atoms with E-state index in [9.17, 15) is 9.50 Å². The first-order valence-corrected chi connectivity index (χ1v) is 16.7. The highest BCUT2D eigenvalue weighted by Gasteiger charge is 2.50. The van der Waals surface area contributed by atoms with E-state index in [1.54, 1.807) is 12.1 Å². The number of anilines is 1. The molecular formula is C35H34F3N5O4. The second-order valence-electron chi connectivity index (χ2n) is 14.1. The number of ether oxygens (including phenoxy) is 3. The van der Waals surface area contributed by atoms with Crippen molar-refractivity contribution in [2.75, 3.05) is 44.4 Å². The molecular weight excluding hydrogens is 611 g/mol. The Bertz CT molecular complexity index is 2000. The number of nitrogens with one attached hydrogen (secondary N) is 1. The number of phenolic OH excluding ortho intramolecular Hbond substituents is 1. The van der Waals surface area contributed by atoms with Crippen molar-refractivity contribution < 1.29 is 32.5 Å². The van der Waals surface area contributed by atoms with Crippen LogP contribution in [0.25, 0.3) is 32.8 Å². The van der Waals surface area contributed by atoms with Crippen LogP contribution in [0.5, 0.6) is 23.3 Å². The number of hydrogen-bond acceptors (Lipinski definition) is 9. The Hall–Kier alpha value is -4.03. The average Bonchev–Trinajstić information content (AvgIpc) is 3.82. The van der Waals surface area contributed by atoms with Gasteiger partial charge in [-0.3, -0.25) is 4.90 Å². The van der Waals surface area contributed by atoms with Gasteiger partial charge in [-0.15, -0.1) is 0 Å². The zero-order chi connectivity index (χ0) is 31.6. The lowest BCUT2D eigenvalue weighted by Crippen LogP contribution is -2.60. The van der Waals surface area contributed by atoms with Crippen LogP contribution in [0.15, 0.2) is 24.3 Å². The van der Waals surface area contributed by atoms with E-state index >= 15 is 8.78 Å². The van der Waals surface area contributed by atoms with E-state index in [0.29, 0.717) is 54.9 Å². The van der Waals surface area contributed by atoms with Gasteiger partial charge in [0, 0.05) is 43.6 Å². The number of hydrogen-bond donors (Lipinski definition) is 2. The number of nitrogens with zero attached hydrogens (tertiary/aromatic N) is 4. The molecule has 0 saturated carbocycles. The van der Waals surface area contributed by atoms with Crippen molar-refractivity contribution in [2.45, 2.75) is 68.4 Å². The normalized spacial score (nSPS) is 29.0. The lowest BCUT2D eigenvalue weighted by atomic mass is 9.91. The van der Waals surface area contributed by atoms with E-state index in [1.165, 1.54) is 6.07 Å². The Morgan fingerprint density at radius 2 is 2.00 bits per heavy atom. The second-order valence-corrected chi connectivity index (χ2v) is 14.1. The van der Waals surface area contributed by atoms with Crippen LogP contribution in [0, 0.1) is 11.6 Å². The molecule has 2 bridgehead atoms. The summed E-state index contributed by atoms with van der Waals surface area (Å²) in [6, 6.07) is 6.72. The van der Waals surface area contributed by atoms with Crippen LogP contribution in [0.4, 0.5) is 19.0 Å². The third-order valence-electron chi connectivity index (χ3n) is 11.4. The molecule has 1 aromatic heterocycles. The third kappa shape index (κ3) is 4.03. The van der Waals surface area contributed by atoms with Gasteiger partial charge in [0.05, 0.1) is 29.1 Å². The molecule has 10 rings (SSSR count). The van der Waals surface area contributed by atoms with Crippen molar-refractivity contribution in [1.82, 2.24) is 20.2 Å². The number of piperazine rings is 1. The van der Waals surface area contributed by atoms with Gasteiger partial charge in [-0.25, -0.2) is 13.2 Å². The topological polar surface area (TPSA) is 92.2 Å². The second kappa shape index (κ2) is 9.99. The van der Waals surface area contributed by atoms with Crippen LogP contribution < -0.4 is 24.4 Å². The van der Waals surface area contributed by atoms with Crippen molar-refractivity contribution in [3.05, 3.63) is 41.5 Å². The molecule has 9 nitrogen and oxygen atoms in total. The van der Waals surface area contributed by atoms with Crippen molar-refractivity contribution in [3.8, 4) is 34.4 Å². The number of fused-ring (bicyclic) bond motifs is 9. The third-order valence-corrected chi connectivity index (χ3v) is 11.4. The molecule has 5 atom stereocenters. The van der Waals surface area contributed by atoms with E-state index in [4.69, 9.17) is 19.2 Å². The number of alkyl halides is 1. The van der Waals surface area contributed by atoms with Gasteiger partial charge in [0.25, 0.3) is 0 Å². The Kier molecular flexibility index (Phi) is 5.96. The zero-order valence-electron chi connectivity index (χ0n) is 25.7. The van der Waals surface area contributed by atoms with Gasteiger partial charge in [-0.2, -0.15) is 9.97 Å². The molecule has 7 heterocycles. The van der Waals surface area contributed by atoms with E-state index < -0.39 is 23.3 Å². The van der Waals surface area contributed by atoms with Gasteiger partial charge in [0.15, 0.2) is 17.4 Å². The molecule has 12 heteroatoms. The SMILES string of the molecule is Oc1cc(-c2c(F)c3c4c(nc(OC[C@]56CCCN5C[C@@H](F)C6)nc4c2F)N2CC4CCC(N4)C2CO3)c2c3c(ccc2c1)OCC3. The fraction of sp³-hybridized carbons (Fsp3) is 0.486. The van der Waals surface area contributed by atoms with Crippen molar-refractivity contribution in [3.63, 3.8) is 0 Å². The molecule has 3 aromatic carbocycles. The summed E-state index contributed by atoms with van der Waals surface area (Å²) in [5, 5.41) is 15.8. The van der Waals surface area contributed by atoms with Crippen LogP contribution in [-0.4, -0.2) is 89.3 Å². The highest BCUT2D eigenvalue weighted by molar-refractivity contribution is 6.06. The molecule has 6 aliphatic heterocycles. The standard InChI is InChI=1S/C35H34F3N5O4/c36-18-12-35(7-1-8-42(35)13-18)16-47-34-40-31-28-32(46-15-24-23-4-3-19(39-23)14-43(24)33(28)41-34)30(38)27(29(31)37)22-11-20(44)10-17-2-5-25-21(26(17)22)6-9-45-25/h2,5,10-11,18-19,23-24,39,44H,1,3-4,6-9,12-16H2/t18-,19?,23?,24?,35+/m0/s1. The molecule has 244 valence electrons. The predicted molar refractivity (Wildman–Crippen MR) is 168 cm³/mol. The average molecular weight is 646 g/mol. The minimum atomic E-state index is -0.926. The highest BCUT2D eigenvalue weighted by Crippen LogP contribution is 2.49. The van der Waals surface area contributed by atoms with Crippen molar-refractivity contribution in [2.24, 2.45) is 0 Å². The van der Waals surface area contributed by atoms with Gasteiger partial charge in [0.2, 0.25) is 0 Å². The molecule has 0 aliphatic carbocycles. The molecule has 4 fully saturated rings. The maximum absolute atomic E-state index is 17.2. The molecule has 47 heavy (non-hydrogen) atoms. The van der Waals surface area contributed by atoms with E-state index in [2.05, 4.69) is 20.1 Å². The van der Waals surface area contributed by atoms with Crippen LogP contribution in [0.2, 0.25) is 0 Å². The van der Waals surface area contributed by atoms with E-state index in [1.807, 2.05) is 6.07 Å². The van der Waals surface area contributed by atoms with Crippen LogP contribution in [0.1, 0.15) is 37.7 Å². The first-order valence-electron chi connectivity index (χ1n) is 16.7. The summed E-state index contributed by atoms with van der Waals surface area (Å²) in [7, 11) is 0. The summed E-state index contributed by atoms with van der Waals surface area (Å²) in [5.41, 5.74) is 0.133. The Balaban J connectivity index is 1.19. The maximum Gasteiger partial charge on any atom is 0.319 e. The van der Waals surface area contributed by atoms with Gasteiger partial charge < -0.3 is 29.5 Å². The highest BCUT2D eigenvalue weighted by atomic mass is 19.1. The zero-order valence-corrected chi connectivity index (χ0v) is 25.7. The Labute approximate surface area is 268 Å². The van der Waals surface area contributed by atoms with Gasteiger partial charge in [-0.1, -0.05) is 6.07 Å². The number of benzene rings is 3. The number of aromatic hydroxyl groups is 1. The smallest absolute Gasteiger partial charge is 0.319 e. The lowest BCUT2D eigenvalue weighted by molar-refractivity contribution is 0.107. The summed E-state index contributed by atoms with van der Waals surface area (Å²) in [6.07, 6.45) is 3.70. The molecule has 0 amide bonds. The molecule has 4 saturated heterocycles. The Morgan fingerprint density at radius 3 is 2.91 bits per heavy atom. The fourth-order valence-corrected chi connectivity index (χ4v) is 9.38. The summed E-state index contributed by atoms with van der Waals surface area (Å²) >= 11 is 0. The molecule has 4 aromatic rings.